The lowest BCUT2D eigenvalue weighted by Crippen LogP contribution is -1.88. The van der Waals surface area contributed by atoms with Crippen molar-refractivity contribution < 1.29 is 0 Å². The minimum atomic E-state index is 0.797. The van der Waals surface area contributed by atoms with Crippen LogP contribution in [-0.4, -0.2) is 4.98 Å². The second-order valence-electron chi connectivity index (χ2n) is 4.54. The number of rotatable bonds is 1. The van der Waals surface area contributed by atoms with Crippen molar-refractivity contribution in [2.24, 2.45) is 0 Å². The number of hydrogen-bond acceptors (Lipinski definition) is 2. The maximum atomic E-state index is 5.89. The SMILES string of the molecule is Cc1cc(N)cc(-c2ccc3cccnc3c2)c1. The molecule has 18 heavy (non-hydrogen) atoms. The molecule has 0 atom stereocenters. The number of nitrogens with zero attached hydrogens (tertiary/aromatic N) is 1. The minimum Gasteiger partial charge on any atom is -0.399 e. The summed E-state index contributed by atoms with van der Waals surface area (Å²) in [5, 5.41) is 1.15. The van der Waals surface area contributed by atoms with Crippen LogP contribution in [0.4, 0.5) is 5.69 Å². The molecule has 2 N–H and O–H groups in total. The van der Waals surface area contributed by atoms with E-state index in [9.17, 15) is 0 Å². The van der Waals surface area contributed by atoms with Crippen molar-refractivity contribution in [3.05, 3.63) is 60.3 Å². The Labute approximate surface area is 106 Å². The highest BCUT2D eigenvalue weighted by molar-refractivity contribution is 5.84. The van der Waals surface area contributed by atoms with Crippen LogP contribution in [0.25, 0.3) is 22.0 Å². The molecule has 1 aromatic heterocycles. The third-order valence-electron chi connectivity index (χ3n) is 3.04. The van der Waals surface area contributed by atoms with Crippen LogP contribution in [0, 0.1) is 6.92 Å². The predicted octanol–water partition coefficient (Wildman–Crippen LogP) is 3.79. The van der Waals surface area contributed by atoms with Crippen molar-refractivity contribution in [3.63, 3.8) is 0 Å². The summed E-state index contributed by atoms with van der Waals surface area (Å²) in [6.07, 6.45) is 1.82. The molecular weight excluding hydrogens is 220 g/mol. The number of anilines is 1. The van der Waals surface area contributed by atoms with Crippen LogP contribution in [0.3, 0.4) is 0 Å². The number of pyridine rings is 1. The molecule has 2 aromatic carbocycles. The molecule has 2 heteroatoms. The Morgan fingerprint density at radius 2 is 1.83 bits per heavy atom. The fourth-order valence-electron chi connectivity index (χ4n) is 2.23. The van der Waals surface area contributed by atoms with Crippen molar-refractivity contribution in [3.8, 4) is 11.1 Å². The number of nitrogens with two attached hydrogens (primary N) is 1. The molecular formula is C16H14N2. The number of benzene rings is 2. The van der Waals surface area contributed by atoms with E-state index in [4.69, 9.17) is 5.73 Å². The monoisotopic (exact) mass is 234 g/mol. The van der Waals surface area contributed by atoms with Crippen LogP contribution < -0.4 is 5.73 Å². The molecule has 0 aliphatic rings. The molecule has 0 radical (unpaired) electrons. The fourth-order valence-corrected chi connectivity index (χ4v) is 2.23. The first-order valence-corrected chi connectivity index (χ1v) is 5.95. The lowest BCUT2D eigenvalue weighted by Gasteiger charge is -2.06. The first-order valence-electron chi connectivity index (χ1n) is 5.95. The second-order valence-corrected chi connectivity index (χ2v) is 4.54. The molecule has 0 aliphatic heterocycles. The van der Waals surface area contributed by atoms with Crippen molar-refractivity contribution in [1.29, 1.82) is 0 Å². The zero-order valence-electron chi connectivity index (χ0n) is 10.2. The van der Waals surface area contributed by atoms with Crippen molar-refractivity contribution in [2.45, 2.75) is 6.92 Å². The van der Waals surface area contributed by atoms with Gasteiger partial charge in [0.15, 0.2) is 0 Å². The van der Waals surface area contributed by atoms with Gasteiger partial charge >= 0.3 is 0 Å². The Hall–Kier alpha value is -2.35. The molecule has 0 bridgehead atoms. The third kappa shape index (κ3) is 1.93. The smallest absolute Gasteiger partial charge is 0.0708 e. The number of aromatic nitrogens is 1. The van der Waals surface area contributed by atoms with E-state index in [1.54, 1.807) is 0 Å². The highest BCUT2D eigenvalue weighted by Gasteiger charge is 2.02. The second kappa shape index (κ2) is 4.15. The van der Waals surface area contributed by atoms with Gasteiger partial charge in [0.2, 0.25) is 0 Å². The van der Waals surface area contributed by atoms with Gasteiger partial charge in [0.25, 0.3) is 0 Å². The maximum Gasteiger partial charge on any atom is 0.0708 e. The molecule has 2 nitrogen and oxygen atoms in total. The summed E-state index contributed by atoms with van der Waals surface area (Å²) < 4.78 is 0. The predicted molar refractivity (Wildman–Crippen MR) is 76.3 cm³/mol. The zero-order valence-corrected chi connectivity index (χ0v) is 10.2. The van der Waals surface area contributed by atoms with Crippen LogP contribution in [0.2, 0.25) is 0 Å². The van der Waals surface area contributed by atoms with Gasteiger partial charge in [-0.25, -0.2) is 0 Å². The largest absolute Gasteiger partial charge is 0.399 e. The van der Waals surface area contributed by atoms with Gasteiger partial charge in [0, 0.05) is 17.3 Å². The van der Waals surface area contributed by atoms with E-state index >= 15 is 0 Å². The van der Waals surface area contributed by atoms with Gasteiger partial charge in [-0.15, -0.1) is 0 Å². The standard InChI is InChI=1S/C16H14N2/c1-11-7-14(9-15(17)8-11)13-5-4-12-3-2-6-18-16(12)10-13/h2-10H,17H2,1H3. The van der Waals surface area contributed by atoms with Gasteiger partial charge < -0.3 is 5.73 Å². The van der Waals surface area contributed by atoms with E-state index in [1.807, 2.05) is 24.4 Å². The van der Waals surface area contributed by atoms with Gasteiger partial charge in [0.05, 0.1) is 5.52 Å². The summed E-state index contributed by atoms with van der Waals surface area (Å²) in [4.78, 5) is 4.38. The van der Waals surface area contributed by atoms with Gasteiger partial charge in [-0.05, 0) is 47.9 Å². The summed E-state index contributed by atoms with van der Waals surface area (Å²) in [5.74, 6) is 0. The molecule has 0 unspecified atom stereocenters. The average molecular weight is 234 g/mol. The minimum absolute atomic E-state index is 0.797. The highest BCUT2D eigenvalue weighted by Crippen LogP contribution is 2.26. The topological polar surface area (TPSA) is 38.9 Å². The van der Waals surface area contributed by atoms with E-state index in [0.717, 1.165) is 27.7 Å². The first kappa shape index (κ1) is 10.8. The molecule has 3 aromatic rings. The fraction of sp³-hybridized carbons (Fsp3) is 0.0625. The Balaban J connectivity index is 2.19. The number of nitrogen functional groups attached to an aromatic ring is 1. The van der Waals surface area contributed by atoms with Gasteiger partial charge in [0.1, 0.15) is 0 Å². The number of aryl methyl sites for hydroxylation is 1. The first-order chi connectivity index (χ1) is 8.72. The summed E-state index contributed by atoms with van der Waals surface area (Å²) in [7, 11) is 0. The summed E-state index contributed by atoms with van der Waals surface area (Å²) in [6, 6.07) is 16.4. The van der Waals surface area contributed by atoms with Gasteiger partial charge in [-0.1, -0.05) is 24.3 Å². The lowest BCUT2D eigenvalue weighted by atomic mass is 10.0. The van der Waals surface area contributed by atoms with Gasteiger partial charge in [-0.2, -0.15) is 0 Å². The number of fused-ring (bicyclic) bond motifs is 1. The van der Waals surface area contributed by atoms with Crippen molar-refractivity contribution in [2.75, 3.05) is 5.73 Å². The van der Waals surface area contributed by atoms with E-state index < -0.39 is 0 Å². The van der Waals surface area contributed by atoms with Crippen LogP contribution in [0.1, 0.15) is 5.56 Å². The molecule has 0 aliphatic carbocycles. The van der Waals surface area contributed by atoms with Crippen molar-refractivity contribution in [1.82, 2.24) is 4.98 Å². The van der Waals surface area contributed by atoms with E-state index in [-0.39, 0.29) is 0 Å². The van der Waals surface area contributed by atoms with Crippen LogP contribution in [0.5, 0.6) is 0 Å². The Morgan fingerprint density at radius 3 is 2.67 bits per heavy atom. The highest BCUT2D eigenvalue weighted by atomic mass is 14.6. The summed E-state index contributed by atoms with van der Waals surface area (Å²) in [6.45, 7) is 2.05. The maximum absolute atomic E-state index is 5.89. The number of hydrogen-bond donors (Lipinski definition) is 1. The molecule has 0 saturated carbocycles. The quantitative estimate of drug-likeness (QED) is 0.650. The molecule has 1 heterocycles. The van der Waals surface area contributed by atoms with E-state index in [0.29, 0.717) is 0 Å². The van der Waals surface area contributed by atoms with E-state index in [1.165, 1.54) is 5.56 Å². The molecule has 0 spiro atoms. The Kier molecular flexibility index (Phi) is 2.49. The normalized spacial score (nSPS) is 10.7. The van der Waals surface area contributed by atoms with Crippen LogP contribution in [0.15, 0.2) is 54.7 Å². The lowest BCUT2D eigenvalue weighted by molar-refractivity contribution is 1.41. The van der Waals surface area contributed by atoms with Crippen molar-refractivity contribution >= 4 is 16.6 Å². The molecule has 0 saturated heterocycles. The Bertz CT molecular complexity index is 697. The summed E-state index contributed by atoms with van der Waals surface area (Å²) >= 11 is 0. The summed E-state index contributed by atoms with van der Waals surface area (Å²) in [5.41, 5.74) is 11.2. The average Bonchev–Trinajstić information content (AvgIpc) is 2.37. The van der Waals surface area contributed by atoms with Crippen LogP contribution >= 0.6 is 0 Å². The van der Waals surface area contributed by atoms with Crippen LogP contribution in [-0.2, 0) is 0 Å². The molecule has 3 rings (SSSR count). The molecule has 0 fully saturated rings. The van der Waals surface area contributed by atoms with E-state index in [2.05, 4.69) is 42.2 Å². The third-order valence-corrected chi connectivity index (χ3v) is 3.04. The Morgan fingerprint density at radius 1 is 0.944 bits per heavy atom. The molecule has 0 amide bonds. The molecule has 88 valence electrons. The zero-order chi connectivity index (χ0) is 12.5. The van der Waals surface area contributed by atoms with Gasteiger partial charge in [-0.3, -0.25) is 4.98 Å².